The maximum Gasteiger partial charge on any atom is 0.319 e. The number of carbonyl (C=O) groups excluding carboxylic acids is 1. The molecule has 1 heterocycles. The summed E-state index contributed by atoms with van der Waals surface area (Å²) in [5.41, 5.74) is 1.78. The number of sulfonamides is 1. The highest BCUT2D eigenvalue weighted by molar-refractivity contribution is 7.91. The molecule has 3 aromatic carbocycles. The molecule has 0 saturated carbocycles. The Labute approximate surface area is 233 Å². The lowest BCUT2D eigenvalue weighted by molar-refractivity contribution is -0.384. The maximum absolute atomic E-state index is 13.1. The number of thiophene rings is 1. The quantitative estimate of drug-likeness (QED) is 0.0752. The molecule has 0 saturated heterocycles. The van der Waals surface area contributed by atoms with E-state index in [1.54, 1.807) is 23.6 Å². The van der Waals surface area contributed by atoms with Crippen LogP contribution in [0.1, 0.15) is 5.56 Å². The summed E-state index contributed by atoms with van der Waals surface area (Å²) in [6.07, 6.45) is 0. The normalized spacial score (nSPS) is 11.1. The third kappa shape index (κ3) is 6.85. The van der Waals surface area contributed by atoms with Gasteiger partial charge in [0.1, 0.15) is 15.7 Å². The number of nitrogens with one attached hydrogen (secondary N) is 3. The Morgan fingerprint density at radius 2 is 1.80 bits per heavy atom. The number of phenolic OH excluding ortho intramolecular Hbond substituents is 2. The minimum atomic E-state index is -3.99. The van der Waals surface area contributed by atoms with Gasteiger partial charge in [-0.25, -0.2) is 17.9 Å². The molecular formula is C26H24N4O8S2. The van der Waals surface area contributed by atoms with E-state index in [1.165, 1.54) is 42.5 Å². The second-order valence-electron chi connectivity index (χ2n) is 8.46. The smallest absolute Gasteiger partial charge is 0.319 e. The third-order valence-corrected chi connectivity index (χ3v) is 8.44. The number of carbonyl (C=O) groups is 1. The first-order valence-electron chi connectivity index (χ1n) is 11.7. The first kappa shape index (κ1) is 28.4. The van der Waals surface area contributed by atoms with Crippen LogP contribution in [0.25, 0.3) is 11.1 Å². The van der Waals surface area contributed by atoms with Gasteiger partial charge in [-0.15, -0.1) is 11.3 Å². The summed E-state index contributed by atoms with van der Waals surface area (Å²) in [6.45, 7) is 1.68. The van der Waals surface area contributed by atoms with Crippen molar-refractivity contribution in [2.45, 2.75) is 11.1 Å². The van der Waals surface area contributed by atoms with Gasteiger partial charge in [0.2, 0.25) is 0 Å². The van der Waals surface area contributed by atoms with Crippen molar-refractivity contribution in [3.63, 3.8) is 0 Å². The molecule has 4 aromatic rings. The van der Waals surface area contributed by atoms with Crippen LogP contribution in [0.2, 0.25) is 0 Å². The number of nitrogens with zero attached hydrogens (tertiary/aromatic N) is 1. The van der Waals surface area contributed by atoms with Crippen molar-refractivity contribution < 1.29 is 33.1 Å². The number of aryl methyl sites for hydroxylation is 1. The Bertz CT molecular complexity index is 1670. The molecule has 5 N–H and O–H groups in total. The molecular weight excluding hydrogens is 560 g/mol. The molecule has 208 valence electrons. The van der Waals surface area contributed by atoms with E-state index in [0.717, 1.165) is 16.9 Å². The lowest BCUT2D eigenvalue weighted by atomic mass is 10.1. The summed E-state index contributed by atoms with van der Waals surface area (Å²) >= 11 is 1.01. The predicted octanol–water partition coefficient (Wildman–Crippen LogP) is 4.94. The van der Waals surface area contributed by atoms with E-state index >= 15 is 0 Å². The SMILES string of the molecule is Cc1ccc(-c2ccsc2S(=O)(=O)NCCNC(=O)Nc2cccc([N+](=O)[O-])c2)c(Oc2ccc(O)c(O)c2)c1. The van der Waals surface area contributed by atoms with Crippen LogP contribution in [0.3, 0.4) is 0 Å². The van der Waals surface area contributed by atoms with E-state index in [1.807, 2.05) is 13.0 Å². The zero-order valence-electron chi connectivity index (χ0n) is 21.0. The van der Waals surface area contributed by atoms with Gasteiger partial charge in [-0.1, -0.05) is 18.2 Å². The van der Waals surface area contributed by atoms with E-state index < -0.39 is 21.0 Å². The van der Waals surface area contributed by atoms with Crippen LogP contribution in [-0.4, -0.2) is 42.7 Å². The molecule has 0 aliphatic carbocycles. The Morgan fingerprint density at radius 3 is 2.55 bits per heavy atom. The number of aromatic hydroxyl groups is 2. The van der Waals surface area contributed by atoms with E-state index in [4.69, 9.17) is 4.74 Å². The summed E-state index contributed by atoms with van der Waals surface area (Å²) in [6, 6.07) is 15.7. The van der Waals surface area contributed by atoms with Gasteiger partial charge in [-0.05, 0) is 48.2 Å². The van der Waals surface area contributed by atoms with E-state index in [9.17, 15) is 33.5 Å². The first-order valence-corrected chi connectivity index (χ1v) is 14.1. The van der Waals surface area contributed by atoms with Crippen LogP contribution in [0.15, 0.2) is 76.3 Å². The topological polar surface area (TPSA) is 180 Å². The average Bonchev–Trinajstić information content (AvgIpc) is 3.40. The van der Waals surface area contributed by atoms with Gasteiger partial charge in [0.05, 0.1) is 4.92 Å². The minimum absolute atomic E-state index is 0.0378. The molecule has 0 fully saturated rings. The lowest BCUT2D eigenvalue weighted by Gasteiger charge is -2.14. The zero-order chi connectivity index (χ0) is 28.9. The van der Waals surface area contributed by atoms with Crippen molar-refractivity contribution in [2.24, 2.45) is 0 Å². The Kier molecular flexibility index (Phi) is 8.52. The molecule has 14 heteroatoms. The first-order chi connectivity index (χ1) is 19.0. The number of benzene rings is 3. The summed E-state index contributed by atoms with van der Waals surface area (Å²) in [5.74, 6) is -0.0685. The number of nitro benzene ring substituents is 1. The highest BCUT2D eigenvalue weighted by Crippen LogP contribution is 2.40. The van der Waals surface area contributed by atoms with Crippen LogP contribution in [-0.2, 0) is 10.0 Å². The van der Waals surface area contributed by atoms with Crippen molar-refractivity contribution in [3.8, 4) is 34.1 Å². The van der Waals surface area contributed by atoms with Crippen LogP contribution in [0.5, 0.6) is 23.0 Å². The molecule has 2 amide bonds. The summed E-state index contributed by atoms with van der Waals surface area (Å²) < 4.78 is 34.7. The Morgan fingerprint density at radius 1 is 1.00 bits per heavy atom. The zero-order valence-corrected chi connectivity index (χ0v) is 22.6. The van der Waals surface area contributed by atoms with Crippen molar-refractivity contribution in [1.29, 1.82) is 0 Å². The van der Waals surface area contributed by atoms with Crippen molar-refractivity contribution in [1.82, 2.24) is 10.0 Å². The molecule has 0 bridgehead atoms. The van der Waals surface area contributed by atoms with Gasteiger partial charge in [0.25, 0.3) is 15.7 Å². The number of nitro groups is 1. The summed E-state index contributed by atoms with van der Waals surface area (Å²) in [4.78, 5) is 22.4. The van der Waals surface area contributed by atoms with Crippen molar-refractivity contribution in [2.75, 3.05) is 18.4 Å². The number of non-ortho nitro benzene ring substituents is 1. The second-order valence-corrected chi connectivity index (χ2v) is 11.3. The predicted molar refractivity (Wildman–Crippen MR) is 150 cm³/mol. The van der Waals surface area contributed by atoms with Gasteiger partial charge in [0.15, 0.2) is 11.5 Å². The maximum atomic E-state index is 13.1. The second kappa shape index (κ2) is 12.0. The molecule has 40 heavy (non-hydrogen) atoms. The number of hydrogen-bond donors (Lipinski definition) is 5. The highest BCUT2D eigenvalue weighted by atomic mass is 32.2. The Balaban J connectivity index is 1.43. The number of rotatable bonds is 10. The van der Waals surface area contributed by atoms with E-state index in [0.29, 0.717) is 16.9 Å². The number of hydrogen-bond acceptors (Lipinski definition) is 9. The Hall–Kier alpha value is -4.66. The molecule has 0 unspecified atom stereocenters. The standard InChI is InChI=1S/C26H24N4O8S2/c1-16-5-7-20(24(13-16)38-19-6-8-22(31)23(32)15-19)21-9-12-39-25(21)40(36,37)28-11-10-27-26(33)29-17-3-2-4-18(14-17)30(34)35/h2-9,12-15,28,31-32H,10-11H2,1H3,(H2,27,29,33). The molecule has 12 nitrogen and oxygen atoms in total. The average molecular weight is 585 g/mol. The number of urea groups is 1. The molecule has 4 rings (SSSR count). The van der Waals surface area contributed by atoms with Gasteiger partial charge in [-0.3, -0.25) is 10.1 Å². The van der Waals surface area contributed by atoms with Gasteiger partial charge < -0.3 is 25.6 Å². The monoisotopic (exact) mass is 584 g/mol. The molecule has 0 aliphatic heterocycles. The minimum Gasteiger partial charge on any atom is -0.504 e. The van der Waals surface area contributed by atoms with Crippen LogP contribution in [0.4, 0.5) is 16.2 Å². The van der Waals surface area contributed by atoms with Crippen LogP contribution < -0.4 is 20.1 Å². The van der Waals surface area contributed by atoms with Crippen LogP contribution >= 0.6 is 11.3 Å². The highest BCUT2D eigenvalue weighted by Gasteiger charge is 2.23. The number of amides is 2. The van der Waals surface area contributed by atoms with Gasteiger partial charge >= 0.3 is 6.03 Å². The van der Waals surface area contributed by atoms with Crippen LogP contribution in [0, 0.1) is 17.0 Å². The summed E-state index contributed by atoms with van der Waals surface area (Å²) in [7, 11) is -3.99. The lowest BCUT2D eigenvalue weighted by Crippen LogP contribution is -2.36. The van der Waals surface area contributed by atoms with E-state index in [-0.39, 0.29) is 45.9 Å². The number of anilines is 1. The fourth-order valence-corrected chi connectivity index (χ4v) is 6.09. The van der Waals surface area contributed by atoms with E-state index in [2.05, 4.69) is 15.4 Å². The molecule has 0 spiro atoms. The molecule has 0 atom stereocenters. The number of phenols is 2. The molecule has 0 radical (unpaired) electrons. The summed E-state index contributed by atoms with van der Waals surface area (Å²) in [5, 5.41) is 36.8. The largest absolute Gasteiger partial charge is 0.504 e. The van der Waals surface area contributed by atoms with Gasteiger partial charge in [0, 0.05) is 48.1 Å². The van der Waals surface area contributed by atoms with Crippen molar-refractivity contribution >= 4 is 38.8 Å². The number of ether oxygens (including phenoxy) is 1. The third-order valence-electron chi connectivity index (χ3n) is 5.49. The fraction of sp³-hybridized carbons (Fsp3) is 0.115. The molecule has 0 aliphatic rings. The molecule has 1 aromatic heterocycles. The van der Waals surface area contributed by atoms with Crippen molar-refractivity contribution in [3.05, 3.63) is 87.8 Å². The van der Waals surface area contributed by atoms with Gasteiger partial charge in [-0.2, -0.15) is 0 Å². The fourth-order valence-electron chi connectivity index (χ4n) is 3.63.